The largest absolute Gasteiger partial charge is 0.481 e. The Hall–Kier alpha value is -0.610. The molecular weight excluding hydrogens is 458 g/mol. The summed E-state index contributed by atoms with van der Waals surface area (Å²) in [5, 5.41) is 12.3. The summed E-state index contributed by atoms with van der Waals surface area (Å²) in [6, 6.07) is 0. The summed E-state index contributed by atoms with van der Waals surface area (Å²) in [5.74, 6) is -0.618. The van der Waals surface area contributed by atoms with Gasteiger partial charge in [-0.05, 0) is 59.3 Å². The van der Waals surface area contributed by atoms with Crippen molar-refractivity contribution in [3.05, 3.63) is 0 Å². The predicted molar refractivity (Wildman–Crippen MR) is 159 cm³/mol. The second-order valence-electron chi connectivity index (χ2n) is 13.3. The number of rotatable bonds is 23. The van der Waals surface area contributed by atoms with Gasteiger partial charge in [0.25, 0.3) is 0 Å². The molecule has 1 unspecified atom stereocenters. The van der Waals surface area contributed by atoms with Crippen molar-refractivity contribution in [3.63, 3.8) is 0 Å². The Labute approximate surface area is 231 Å². The maximum Gasteiger partial charge on any atom is 0.306 e. The summed E-state index contributed by atoms with van der Waals surface area (Å²) in [5.41, 5.74) is -0.308. The lowest BCUT2D eigenvalue weighted by molar-refractivity contribution is -0.290. The topological polar surface area (TPSA) is 49.8 Å². The fourth-order valence-corrected chi connectivity index (χ4v) is 6.78. The highest BCUT2D eigenvalue weighted by Gasteiger charge is 2.49. The number of hydrogen-bond acceptors (Lipinski definition) is 3. The molecule has 1 aliphatic heterocycles. The number of aliphatic carboxylic acids is 1. The fraction of sp³-hybridized carbons (Fsp3) is 0.970. The van der Waals surface area contributed by atoms with Crippen molar-refractivity contribution in [3.8, 4) is 0 Å². The van der Waals surface area contributed by atoms with E-state index in [0.29, 0.717) is 0 Å². The van der Waals surface area contributed by atoms with Crippen LogP contribution in [0.4, 0.5) is 0 Å². The summed E-state index contributed by atoms with van der Waals surface area (Å²) in [4.78, 5) is 18.7. The van der Waals surface area contributed by atoms with Crippen LogP contribution in [0, 0.1) is 11.8 Å². The fourth-order valence-electron chi connectivity index (χ4n) is 6.78. The maximum atomic E-state index is 12.3. The number of piperidine rings is 1. The van der Waals surface area contributed by atoms with Gasteiger partial charge in [0.15, 0.2) is 0 Å². The second-order valence-corrected chi connectivity index (χ2v) is 13.3. The molecule has 220 valence electrons. The van der Waals surface area contributed by atoms with Crippen molar-refractivity contribution in [1.29, 1.82) is 0 Å². The monoisotopic (exact) mass is 523 g/mol. The number of carbonyl (C=O) groups is 1. The predicted octanol–water partition coefficient (Wildman–Crippen LogP) is 10.3. The number of carboxylic acids is 1. The van der Waals surface area contributed by atoms with Crippen LogP contribution in [0.3, 0.4) is 0 Å². The Morgan fingerprint density at radius 1 is 0.703 bits per heavy atom. The Balaban J connectivity index is 2.38. The van der Waals surface area contributed by atoms with Crippen molar-refractivity contribution < 1.29 is 14.7 Å². The number of carboxylic acid groups (broad SMARTS) is 1. The zero-order chi connectivity index (χ0) is 27.6. The third-order valence-electron chi connectivity index (χ3n) is 8.60. The Kier molecular flexibility index (Phi) is 18.1. The van der Waals surface area contributed by atoms with E-state index in [4.69, 9.17) is 4.84 Å². The second kappa shape index (κ2) is 19.4. The molecule has 4 heteroatoms. The van der Waals surface area contributed by atoms with E-state index in [-0.39, 0.29) is 22.9 Å². The minimum Gasteiger partial charge on any atom is -0.481 e. The van der Waals surface area contributed by atoms with Gasteiger partial charge in [-0.3, -0.25) is 9.63 Å². The summed E-state index contributed by atoms with van der Waals surface area (Å²) in [6.45, 7) is 14.3. The third kappa shape index (κ3) is 14.4. The van der Waals surface area contributed by atoms with Crippen LogP contribution in [0.15, 0.2) is 0 Å². The van der Waals surface area contributed by atoms with Crippen LogP contribution in [0.5, 0.6) is 0 Å². The molecule has 1 saturated heterocycles. The van der Waals surface area contributed by atoms with Crippen LogP contribution in [0.2, 0.25) is 0 Å². The number of nitrogens with zero attached hydrogens (tertiary/aromatic N) is 1. The van der Waals surface area contributed by atoms with E-state index in [9.17, 15) is 9.90 Å². The van der Waals surface area contributed by atoms with Crippen molar-refractivity contribution in [2.24, 2.45) is 11.8 Å². The van der Waals surface area contributed by atoms with E-state index in [1.807, 2.05) is 0 Å². The molecule has 0 aromatic rings. The van der Waals surface area contributed by atoms with Crippen LogP contribution >= 0.6 is 0 Å². The van der Waals surface area contributed by atoms with Crippen molar-refractivity contribution in [1.82, 2.24) is 5.06 Å². The summed E-state index contributed by atoms with van der Waals surface area (Å²) in [7, 11) is 0. The molecule has 0 radical (unpaired) electrons. The zero-order valence-corrected chi connectivity index (χ0v) is 25.9. The highest BCUT2D eigenvalue weighted by molar-refractivity contribution is 5.70. The van der Waals surface area contributed by atoms with E-state index >= 15 is 0 Å². The molecular formula is C33H65NO3. The first kappa shape index (κ1) is 34.4. The first-order chi connectivity index (χ1) is 17.7. The molecule has 1 aliphatic rings. The first-order valence-corrected chi connectivity index (χ1v) is 16.3. The summed E-state index contributed by atoms with van der Waals surface area (Å²) >= 11 is 0. The number of hydroxylamine groups is 2. The SMILES string of the molecule is CCCCCCCCCCCCCCC(C(=O)O)C1CC(C)(C)N(OCCCCCCCC)C(C)(C)C1. The average Bonchev–Trinajstić information content (AvgIpc) is 2.82. The highest BCUT2D eigenvalue weighted by atomic mass is 16.7. The lowest BCUT2D eigenvalue weighted by Gasteiger charge is -2.54. The van der Waals surface area contributed by atoms with E-state index < -0.39 is 5.97 Å². The number of hydrogen-bond donors (Lipinski definition) is 1. The minimum atomic E-state index is -0.596. The molecule has 0 aromatic carbocycles. The molecule has 0 amide bonds. The van der Waals surface area contributed by atoms with Gasteiger partial charge in [0.05, 0.1) is 12.5 Å². The summed E-state index contributed by atoms with van der Waals surface area (Å²) < 4.78 is 0. The van der Waals surface area contributed by atoms with Crippen LogP contribution in [0.25, 0.3) is 0 Å². The van der Waals surface area contributed by atoms with Crippen LogP contribution in [-0.4, -0.2) is 33.8 Å². The third-order valence-corrected chi connectivity index (χ3v) is 8.60. The van der Waals surface area contributed by atoms with Crippen molar-refractivity contribution in [2.45, 2.75) is 187 Å². The molecule has 1 heterocycles. The molecule has 0 aliphatic carbocycles. The molecule has 1 N–H and O–H groups in total. The lowest BCUT2D eigenvalue weighted by Crippen LogP contribution is -2.61. The van der Waals surface area contributed by atoms with Gasteiger partial charge in [-0.15, -0.1) is 0 Å². The molecule has 0 saturated carbocycles. The minimum absolute atomic E-state index is 0.154. The maximum absolute atomic E-state index is 12.3. The van der Waals surface area contributed by atoms with Gasteiger partial charge in [-0.25, -0.2) is 0 Å². The van der Waals surface area contributed by atoms with Gasteiger partial charge in [0.1, 0.15) is 0 Å². The van der Waals surface area contributed by atoms with Crippen LogP contribution in [-0.2, 0) is 9.63 Å². The normalized spacial score (nSPS) is 18.8. The highest BCUT2D eigenvalue weighted by Crippen LogP contribution is 2.45. The van der Waals surface area contributed by atoms with E-state index in [1.165, 1.54) is 103 Å². The van der Waals surface area contributed by atoms with Crippen LogP contribution < -0.4 is 0 Å². The van der Waals surface area contributed by atoms with E-state index in [0.717, 1.165) is 38.7 Å². The molecule has 1 fully saturated rings. The molecule has 1 rings (SSSR count). The van der Waals surface area contributed by atoms with Crippen molar-refractivity contribution in [2.75, 3.05) is 6.61 Å². The van der Waals surface area contributed by atoms with Gasteiger partial charge >= 0.3 is 5.97 Å². The summed E-state index contributed by atoms with van der Waals surface area (Å²) in [6.07, 6.45) is 26.0. The van der Waals surface area contributed by atoms with Crippen LogP contribution in [0.1, 0.15) is 176 Å². The quantitative estimate of drug-likeness (QED) is 0.135. The van der Waals surface area contributed by atoms with Gasteiger partial charge in [-0.1, -0.05) is 123 Å². The van der Waals surface area contributed by atoms with Crippen molar-refractivity contribution >= 4 is 5.97 Å². The number of unbranched alkanes of at least 4 members (excludes halogenated alkanes) is 16. The molecule has 4 nitrogen and oxygen atoms in total. The standard InChI is InChI=1S/C33H65NO3/c1-7-9-11-13-15-16-17-18-19-20-21-23-25-30(31(35)36)29-27-32(3,4)34(33(5,6)28-29)37-26-24-22-14-12-10-8-2/h29-30H,7-28H2,1-6H3,(H,35,36). The first-order valence-electron chi connectivity index (χ1n) is 16.3. The van der Waals surface area contributed by atoms with Gasteiger partial charge in [-0.2, -0.15) is 5.06 Å². The zero-order valence-electron chi connectivity index (χ0n) is 25.9. The lowest BCUT2D eigenvalue weighted by atomic mass is 9.69. The van der Waals surface area contributed by atoms with E-state index in [2.05, 4.69) is 46.6 Å². The molecule has 0 bridgehead atoms. The van der Waals surface area contributed by atoms with Gasteiger partial charge in [0, 0.05) is 11.1 Å². The van der Waals surface area contributed by atoms with Gasteiger partial charge in [0.2, 0.25) is 0 Å². The molecule has 1 atom stereocenters. The molecule has 37 heavy (non-hydrogen) atoms. The Morgan fingerprint density at radius 3 is 1.49 bits per heavy atom. The van der Waals surface area contributed by atoms with E-state index in [1.54, 1.807) is 0 Å². The Morgan fingerprint density at radius 2 is 1.08 bits per heavy atom. The Bertz CT molecular complexity index is 556. The molecule has 0 spiro atoms. The average molecular weight is 524 g/mol. The van der Waals surface area contributed by atoms with Gasteiger partial charge < -0.3 is 5.11 Å². The smallest absolute Gasteiger partial charge is 0.306 e. The molecule has 0 aromatic heterocycles.